The topological polar surface area (TPSA) is 73.4 Å². The highest BCUT2D eigenvalue weighted by atomic mass is 19.1. The van der Waals surface area contributed by atoms with Gasteiger partial charge in [-0.2, -0.15) is 5.26 Å². The fourth-order valence-electron chi connectivity index (χ4n) is 4.06. The molecule has 0 spiro atoms. The zero-order valence-electron chi connectivity index (χ0n) is 18.4. The van der Waals surface area contributed by atoms with Crippen LogP contribution in [0.5, 0.6) is 0 Å². The summed E-state index contributed by atoms with van der Waals surface area (Å²) in [7, 11) is 0. The number of piperazine rings is 1. The van der Waals surface area contributed by atoms with Crippen LogP contribution in [0, 0.1) is 17.1 Å². The van der Waals surface area contributed by atoms with Gasteiger partial charge in [0.2, 0.25) is 0 Å². The molecule has 0 radical (unpaired) electrons. The van der Waals surface area contributed by atoms with Crippen LogP contribution in [0.4, 0.5) is 10.2 Å². The number of benzene rings is 1. The number of amides is 1. The Morgan fingerprint density at radius 3 is 2.69 bits per heavy atom. The van der Waals surface area contributed by atoms with E-state index in [1.165, 1.54) is 18.4 Å². The molecule has 1 atom stereocenters. The number of halogens is 1. The van der Waals surface area contributed by atoms with E-state index in [2.05, 4.69) is 6.07 Å². The van der Waals surface area contributed by atoms with Crippen molar-refractivity contribution in [3.63, 3.8) is 0 Å². The second-order valence-electron chi connectivity index (χ2n) is 8.34. The molecule has 2 aromatic heterocycles. The molecule has 0 saturated carbocycles. The van der Waals surface area contributed by atoms with Gasteiger partial charge in [-0.25, -0.2) is 9.37 Å². The van der Waals surface area contributed by atoms with Gasteiger partial charge in [0, 0.05) is 36.9 Å². The summed E-state index contributed by atoms with van der Waals surface area (Å²) >= 11 is 0. The molecule has 1 aliphatic heterocycles. The number of carbonyl (C=O) groups excluding carboxylic acids is 1. The summed E-state index contributed by atoms with van der Waals surface area (Å²) in [5.74, 6) is 0.529. The first-order valence-corrected chi connectivity index (χ1v) is 10.7. The van der Waals surface area contributed by atoms with Crippen LogP contribution in [-0.2, 0) is 0 Å². The van der Waals surface area contributed by atoms with E-state index in [4.69, 9.17) is 9.40 Å². The number of pyridine rings is 1. The molecule has 1 unspecified atom stereocenters. The molecular formula is C25H25FN4O2. The molecule has 1 amide bonds. The molecule has 7 heteroatoms. The van der Waals surface area contributed by atoms with E-state index in [0.717, 1.165) is 5.69 Å². The second-order valence-corrected chi connectivity index (χ2v) is 8.34. The second kappa shape index (κ2) is 8.83. The molecule has 4 rings (SSSR count). The third-order valence-electron chi connectivity index (χ3n) is 5.78. The lowest BCUT2D eigenvalue weighted by molar-refractivity contribution is 0.0641. The van der Waals surface area contributed by atoms with Gasteiger partial charge in [0.25, 0.3) is 5.91 Å². The van der Waals surface area contributed by atoms with Crippen molar-refractivity contribution in [1.29, 1.82) is 5.26 Å². The Balaban J connectivity index is 1.70. The summed E-state index contributed by atoms with van der Waals surface area (Å²) in [5, 5.41) is 10.0. The van der Waals surface area contributed by atoms with Crippen molar-refractivity contribution < 1.29 is 13.6 Å². The molecule has 1 saturated heterocycles. The minimum atomic E-state index is -0.352. The van der Waals surface area contributed by atoms with Gasteiger partial charge >= 0.3 is 0 Å². The standard InChI is InChI=1S/C25H25FN4O2/c1-16(2)22-13-20(18-6-4-7-19(26)12-18)21(14-27)24(28-22)29-9-10-30(17(3)15-29)25(31)23-8-5-11-32-23/h4-8,11-13,16-17H,9-10,15H2,1-3H3. The highest BCUT2D eigenvalue weighted by molar-refractivity contribution is 5.92. The highest BCUT2D eigenvalue weighted by Gasteiger charge is 2.31. The summed E-state index contributed by atoms with van der Waals surface area (Å²) in [6, 6.07) is 13.7. The van der Waals surface area contributed by atoms with Crippen molar-refractivity contribution in [2.45, 2.75) is 32.7 Å². The van der Waals surface area contributed by atoms with Crippen LogP contribution in [0.2, 0.25) is 0 Å². The Morgan fingerprint density at radius 1 is 1.25 bits per heavy atom. The first-order valence-electron chi connectivity index (χ1n) is 10.7. The Labute approximate surface area is 186 Å². The number of hydrogen-bond acceptors (Lipinski definition) is 5. The number of hydrogen-bond donors (Lipinski definition) is 0. The number of aromatic nitrogens is 1. The van der Waals surface area contributed by atoms with Gasteiger partial charge in [0.1, 0.15) is 23.3 Å². The van der Waals surface area contributed by atoms with Gasteiger partial charge in [0.05, 0.1) is 6.26 Å². The lowest BCUT2D eigenvalue weighted by Crippen LogP contribution is -2.54. The average Bonchev–Trinajstić information content (AvgIpc) is 3.32. The SMILES string of the molecule is CC(C)c1cc(-c2cccc(F)c2)c(C#N)c(N2CCN(C(=O)c3ccco3)C(C)C2)n1. The summed E-state index contributed by atoms with van der Waals surface area (Å²) in [6.07, 6.45) is 1.49. The number of carbonyl (C=O) groups is 1. The Bertz CT molecular complexity index is 1170. The van der Waals surface area contributed by atoms with Gasteiger partial charge in [0.15, 0.2) is 5.76 Å². The molecule has 3 aromatic rings. The number of rotatable bonds is 4. The Morgan fingerprint density at radius 2 is 2.06 bits per heavy atom. The van der Waals surface area contributed by atoms with Crippen molar-refractivity contribution in [1.82, 2.24) is 9.88 Å². The summed E-state index contributed by atoms with van der Waals surface area (Å²) in [5.41, 5.74) is 2.56. The van der Waals surface area contributed by atoms with Crippen LogP contribution < -0.4 is 4.90 Å². The quantitative estimate of drug-likeness (QED) is 0.591. The van der Waals surface area contributed by atoms with E-state index in [0.29, 0.717) is 47.9 Å². The number of anilines is 1. The minimum absolute atomic E-state index is 0.102. The lowest BCUT2D eigenvalue weighted by Gasteiger charge is -2.40. The zero-order chi connectivity index (χ0) is 22.8. The molecule has 1 aromatic carbocycles. The van der Waals surface area contributed by atoms with Crippen LogP contribution in [-0.4, -0.2) is 41.5 Å². The Kier molecular flexibility index (Phi) is 5.95. The van der Waals surface area contributed by atoms with Gasteiger partial charge < -0.3 is 14.2 Å². The van der Waals surface area contributed by atoms with Crippen LogP contribution in [0.15, 0.2) is 53.1 Å². The number of furan rings is 1. The molecule has 0 bridgehead atoms. The predicted molar refractivity (Wildman–Crippen MR) is 120 cm³/mol. The highest BCUT2D eigenvalue weighted by Crippen LogP contribution is 2.34. The van der Waals surface area contributed by atoms with Gasteiger partial charge in [-0.05, 0) is 48.7 Å². The normalized spacial score (nSPS) is 16.3. The third-order valence-corrected chi connectivity index (χ3v) is 5.78. The molecule has 1 aliphatic rings. The summed E-state index contributed by atoms with van der Waals surface area (Å²) in [4.78, 5) is 21.4. The van der Waals surface area contributed by atoms with Crippen molar-refractivity contribution in [3.05, 3.63) is 71.6 Å². The van der Waals surface area contributed by atoms with Crippen LogP contribution >= 0.6 is 0 Å². The third kappa shape index (κ3) is 4.09. The van der Waals surface area contributed by atoms with Crippen molar-refractivity contribution in [2.75, 3.05) is 24.5 Å². The van der Waals surface area contributed by atoms with Crippen LogP contribution in [0.1, 0.15) is 48.5 Å². The molecule has 6 nitrogen and oxygen atoms in total. The predicted octanol–water partition coefficient (Wildman–Crippen LogP) is 4.83. The van der Waals surface area contributed by atoms with E-state index in [9.17, 15) is 14.4 Å². The molecular weight excluding hydrogens is 407 g/mol. The fraction of sp³-hybridized carbons (Fsp3) is 0.320. The molecule has 3 heterocycles. The lowest BCUT2D eigenvalue weighted by atomic mass is 9.97. The van der Waals surface area contributed by atoms with Gasteiger partial charge in [-0.3, -0.25) is 4.79 Å². The zero-order valence-corrected chi connectivity index (χ0v) is 18.4. The van der Waals surface area contributed by atoms with Crippen molar-refractivity contribution in [3.8, 4) is 17.2 Å². The first-order chi connectivity index (χ1) is 15.4. The van der Waals surface area contributed by atoms with E-state index in [1.54, 1.807) is 29.2 Å². The van der Waals surface area contributed by atoms with Crippen LogP contribution in [0.3, 0.4) is 0 Å². The van der Waals surface area contributed by atoms with E-state index < -0.39 is 0 Å². The Hall–Kier alpha value is -3.66. The monoisotopic (exact) mass is 432 g/mol. The minimum Gasteiger partial charge on any atom is -0.459 e. The molecule has 164 valence electrons. The molecule has 32 heavy (non-hydrogen) atoms. The number of nitrogens with zero attached hydrogens (tertiary/aromatic N) is 4. The smallest absolute Gasteiger partial charge is 0.289 e. The average molecular weight is 432 g/mol. The molecule has 1 fully saturated rings. The maximum absolute atomic E-state index is 13.9. The maximum Gasteiger partial charge on any atom is 0.289 e. The summed E-state index contributed by atoms with van der Waals surface area (Å²) < 4.78 is 19.2. The molecule has 0 N–H and O–H groups in total. The fourth-order valence-corrected chi connectivity index (χ4v) is 4.06. The largest absolute Gasteiger partial charge is 0.459 e. The molecule has 0 aliphatic carbocycles. The van der Waals surface area contributed by atoms with Crippen molar-refractivity contribution in [2.24, 2.45) is 0 Å². The van der Waals surface area contributed by atoms with Crippen LogP contribution in [0.25, 0.3) is 11.1 Å². The van der Waals surface area contributed by atoms with E-state index in [1.807, 2.05) is 31.7 Å². The van der Waals surface area contributed by atoms with Gasteiger partial charge in [-0.1, -0.05) is 26.0 Å². The maximum atomic E-state index is 13.9. The van der Waals surface area contributed by atoms with E-state index in [-0.39, 0.29) is 23.7 Å². The summed E-state index contributed by atoms with van der Waals surface area (Å²) in [6.45, 7) is 7.58. The van der Waals surface area contributed by atoms with Crippen molar-refractivity contribution >= 4 is 11.7 Å². The first kappa shape index (κ1) is 21.6. The van der Waals surface area contributed by atoms with Gasteiger partial charge in [-0.15, -0.1) is 0 Å². The number of nitriles is 1. The van der Waals surface area contributed by atoms with E-state index >= 15 is 0 Å².